The summed E-state index contributed by atoms with van der Waals surface area (Å²) in [5, 5.41) is 55.9. The van der Waals surface area contributed by atoms with Gasteiger partial charge in [-0.2, -0.15) is 69.2 Å². The molecule has 0 radical (unpaired) electrons. The summed E-state index contributed by atoms with van der Waals surface area (Å²) in [6.07, 6.45) is -8.44. The topological polar surface area (TPSA) is 425 Å². The first-order valence-corrected chi connectivity index (χ1v) is 34.6. The van der Waals surface area contributed by atoms with Crippen molar-refractivity contribution in [2.24, 2.45) is 5.73 Å². The smallest absolute Gasteiger partial charge is 0.366 e. The van der Waals surface area contributed by atoms with E-state index in [-0.39, 0.29) is 149 Å². The molecule has 1 aliphatic rings. The Kier molecular flexibility index (Phi) is 24.6. The number of tetrazole rings is 3. The molecule has 0 aliphatic heterocycles. The van der Waals surface area contributed by atoms with Gasteiger partial charge in [0.05, 0.1) is 85.6 Å². The van der Waals surface area contributed by atoms with E-state index in [0.29, 0.717) is 31.1 Å². The SMILES string of the molecule is [C-]#[N+]c1cc(C)c(NC(=O)c2cc(Cn3nnc(C(F)(F)F)n3)nn2-c2ncccc2Cl)c(C(=O)NC(C)C)c1.[C-]#[N+]c1cc(C)c(NC(=O)c2cc(Cn3nnc(C(F)(F)F)n3)nn2-c2ncccc2Cl)c(C(=O)NC2CC2)c1.[C-]#[N+]c1cc(C)c(NC(=O)c2cc(Cn3nnc(C(F)(F)F)n3)nn2-c2ncccc2Cl)c(C(N)=O)c1. The summed E-state index contributed by atoms with van der Waals surface area (Å²) in [6.45, 7) is 29.2. The first-order chi connectivity index (χ1) is 55.4. The van der Waals surface area contributed by atoms with Gasteiger partial charge in [-0.3, -0.25) is 28.8 Å². The largest absolute Gasteiger partial charge is 0.455 e. The molecule has 1 aliphatic carbocycles. The Balaban J connectivity index is 0.000000172. The number of hydrogen-bond donors (Lipinski definition) is 6. The number of aromatic nitrogens is 21. The van der Waals surface area contributed by atoms with Crippen LogP contribution in [0.5, 0.6) is 0 Å². The lowest BCUT2D eigenvalue weighted by atomic mass is 10.0. The van der Waals surface area contributed by atoms with Gasteiger partial charge in [0, 0.05) is 30.7 Å². The Morgan fingerprint density at radius 2 is 0.778 bits per heavy atom. The zero-order valence-electron chi connectivity index (χ0n) is 60.4. The number of benzene rings is 3. The molecular weight excluding hydrogens is 1620 g/mol. The summed E-state index contributed by atoms with van der Waals surface area (Å²) < 4.78 is 119. The summed E-state index contributed by atoms with van der Waals surface area (Å²) in [7, 11) is 0. The molecule has 48 heteroatoms. The maximum absolute atomic E-state index is 13.6. The van der Waals surface area contributed by atoms with Crippen molar-refractivity contribution in [3.8, 4) is 17.5 Å². The molecule has 3 aromatic carbocycles. The van der Waals surface area contributed by atoms with Crippen LogP contribution in [0.1, 0.15) is 140 Å². The Hall–Kier alpha value is -14.5. The second-order valence-electron chi connectivity index (χ2n) is 25.1. The highest BCUT2D eigenvalue weighted by atomic mass is 35.5. The second-order valence-corrected chi connectivity index (χ2v) is 26.4. The zero-order valence-corrected chi connectivity index (χ0v) is 62.6. The number of primary amides is 1. The van der Waals surface area contributed by atoms with Crippen LogP contribution in [0.4, 0.5) is 73.6 Å². The Bertz CT molecular complexity index is 5790. The molecule has 1 fully saturated rings. The van der Waals surface area contributed by atoms with Gasteiger partial charge in [-0.25, -0.2) is 43.5 Å². The van der Waals surface area contributed by atoms with E-state index in [1.807, 2.05) is 0 Å². The molecule has 9 heterocycles. The van der Waals surface area contributed by atoms with Gasteiger partial charge in [0.1, 0.15) is 36.7 Å². The van der Waals surface area contributed by atoms with E-state index in [9.17, 15) is 68.3 Å². The minimum atomic E-state index is -4.79. The third-order valence-electron chi connectivity index (χ3n) is 16.0. The summed E-state index contributed by atoms with van der Waals surface area (Å²) in [5.41, 5.74) is 7.79. The van der Waals surface area contributed by atoms with Gasteiger partial charge in [-0.15, -0.1) is 30.6 Å². The second kappa shape index (κ2) is 34.4. The molecule has 1 saturated carbocycles. The number of hydrogen-bond acceptors (Lipinski definition) is 21. The number of rotatable bonds is 20. The molecule has 598 valence electrons. The van der Waals surface area contributed by atoms with Crippen LogP contribution in [0.2, 0.25) is 15.1 Å². The number of carbonyl (C=O) groups excluding carboxylic acids is 6. The molecule has 7 N–H and O–H groups in total. The maximum Gasteiger partial charge on any atom is 0.455 e. The molecule has 12 aromatic rings. The van der Waals surface area contributed by atoms with E-state index in [1.165, 1.54) is 91.4 Å². The fourth-order valence-electron chi connectivity index (χ4n) is 10.7. The van der Waals surface area contributed by atoms with Crippen LogP contribution in [0, 0.1) is 40.5 Å². The van der Waals surface area contributed by atoms with Gasteiger partial charge < -0.3 is 32.3 Å². The average molecular weight is 1670 g/mol. The molecule has 0 saturated heterocycles. The van der Waals surface area contributed by atoms with Crippen molar-refractivity contribution >= 4 is 104 Å². The molecule has 117 heavy (non-hydrogen) atoms. The number of nitrogens with zero attached hydrogens (tertiary/aromatic N) is 24. The van der Waals surface area contributed by atoms with Crippen molar-refractivity contribution in [2.45, 2.75) is 97.7 Å². The summed E-state index contributed by atoms with van der Waals surface area (Å²) >= 11 is 18.8. The Morgan fingerprint density at radius 3 is 1.05 bits per heavy atom. The maximum atomic E-state index is 13.6. The summed E-state index contributed by atoms with van der Waals surface area (Å²) in [6, 6.07) is 21.4. The minimum absolute atomic E-state index is 0.0338. The van der Waals surface area contributed by atoms with Gasteiger partial charge >= 0.3 is 18.5 Å². The zero-order chi connectivity index (χ0) is 84.7. The summed E-state index contributed by atoms with van der Waals surface area (Å²) in [4.78, 5) is 103. The third kappa shape index (κ3) is 19.9. The van der Waals surface area contributed by atoms with Gasteiger partial charge in [-0.05, 0) is 153 Å². The van der Waals surface area contributed by atoms with E-state index >= 15 is 0 Å². The lowest BCUT2D eigenvalue weighted by molar-refractivity contribution is -0.145. The summed E-state index contributed by atoms with van der Waals surface area (Å²) in [5.74, 6) is -8.12. The monoisotopic (exact) mass is 1670 g/mol. The van der Waals surface area contributed by atoms with E-state index < -0.39 is 71.4 Å². The molecule has 6 amide bonds. The first-order valence-electron chi connectivity index (χ1n) is 33.4. The van der Waals surface area contributed by atoms with Crippen LogP contribution in [0.25, 0.3) is 32.0 Å². The van der Waals surface area contributed by atoms with E-state index in [2.05, 4.69) is 118 Å². The quantitative estimate of drug-likeness (QED) is 0.0305. The first kappa shape index (κ1) is 83.4. The molecule has 36 nitrogen and oxygen atoms in total. The van der Waals surface area contributed by atoms with Crippen LogP contribution in [0.3, 0.4) is 0 Å². The molecular formula is C69H52Cl3F9N30O6. The molecule has 9 aromatic heterocycles. The molecule has 0 atom stereocenters. The van der Waals surface area contributed by atoms with Crippen LogP contribution >= 0.6 is 34.8 Å². The number of nitrogens with two attached hydrogens (primary N) is 1. The average Bonchev–Trinajstić information content (AvgIpc) is 1.81. The van der Waals surface area contributed by atoms with E-state index in [1.54, 1.807) is 52.8 Å². The number of pyridine rings is 3. The van der Waals surface area contributed by atoms with Crippen LogP contribution in [-0.2, 0) is 38.2 Å². The number of aryl methyl sites for hydroxylation is 3. The molecule has 0 unspecified atom stereocenters. The van der Waals surface area contributed by atoms with Crippen molar-refractivity contribution in [3.05, 3.63) is 244 Å². The molecule has 13 rings (SSSR count). The standard InChI is InChI=1S/C24H18ClF3N10O2.C24H20ClF3N10O2.C21H14ClF3N10O2/c1-12-8-14(29-2)9-16(21(39)31-13-5-6-13)19(12)32-22(40)18-10-15(11-37-35-23(33-36-37)24(26,27)28)34-38(18)20-17(25)4-3-7-30-20;1-12(2)31-21(39)16-9-14(29-4)8-13(3)19(16)32-22(40)18-10-15(11-37-35-23(33-36-37)24(26,27)28)34-38(18)20-17(25)6-5-7-30-20;1-10-6-11(27-2)7-13(17(26)36)16(10)29-19(37)15-8-12(9-34-32-20(30-33-34)21(23,24)25)31-35(15)18-14(22)4-3-5-28-18/h3-4,7-10,13H,5-6,11H2,1H3,(H,31,39)(H,32,40);5-10,12H,11H2,1-3H3,(H,31,39)(H,32,40);3-8H,9H2,1H3,(H2,26,36)(H,29,37). The fraction of sp³-hybridized carbons (Fsp3) is 0.217. The van der Waals surface area contributed by atoms with Gasteiger partial charge in [0.25, 0.3) is 47.0 Å². The minimum Gasteiger partial charge on any atom is -0.366 e. The van der Waals surface area contributed by atoms with Crippen molar-refractivity contribution in [1.29, 1.82) is 0 Å². The molecule has 0 spiro atoms. The number of anilines is 3. The third-order valence-corrected chi connectivity index (χ3v) is 16.9. The van der Waals surface area contributed by atoms with Crippen LogP contribution in [-0.4, -0.2) is 152 Å². The van der Waals surface area contributed by atoms with Crippen molar-refractivity contribution in [2.75, 3.05) is 16.0 Å². The van der Waals surface area contributed by atoms with Gasteiger partial charge in [0.15, 0.2) is 34.5 Å². The van der Waals surface area contributed by atoms with Crippen molar-refractivity contribution in [1.82, 2.24) is 116 Å². The predicted octanol–water partition coefficient (Wildman–Crippen LogP) is 11.4. The number of alkyl halides is 9. The highest BCUT2D eigenvalue weighted by molar-refractivity contribution is 6.33. The van der Waals surface area contributed by atoms with Crippen molar-refractivity contribution < 1.29 is 68.3 Å². The lowest BCUT2D eigenvalue weighted by Crippen LogP contribution is -2.31. The highest BCUT2D eigenvalue weighted by Gasteiger charge is 2.40. The fourth-order valence-corrected chi connectivity index (χ4v) is 11.3. The number of halogens is 12. The van der Waals surface area contributed by atoms with Crippen LogP contribution in [0.15, 0.2) is 110 Å². The number of amides is 6. The Labute approximate surface area is 666 Å². The van der Waals surface area contributed by atoms with Gasteiger partial charge in [-0.1, -0.05) is 53.0 Å². The number of nitrogens with one attached hydrogen (secondary N) is 5. The molecule has 0 bridgehead atoms. The Morgan fingerprint density at radius 1 is 0.470 bits per heavy atom. The van der Waals surface area contributed by atoms with Crippen LogP contribution < -0.4 is 32.3 Å². The van der Waals surface area contributed by atoms with E-state index in [4.69, 9.17) is 60.3 Å². The van der Waals surface area contributed by atoms with Crippen molar-refractivity contribution in [3.63, 3.8) is 0 Å². The van der Waals surface area contributed by atoms with Gasteiger partial charge in [0.2, 0.25) is 5.91 Å². The van der Waals surface area contributed by atoms with E-state index in [0.717, 1.165) is 26.9 Å². The lowest BCUT2D eigenvalue weighted by Gasteiger charge is -2.16. The predicted molar refractivity (Wildman–Crippen MR) is 393 cm³/mol. The highest BCUT2D eigenvalue weighted by Crippen LogP contribution is 2.35. The number of carbonyl (C=O) groups is 6. The normalized spacial score (nSPS) is 11.9.